The quantitative estimate of drug-likeness (QED) is 0.257. The molecule has 126 valence electrons. The topological polar surface area (TPSA) is 217 Å². The molecule has 0 aliphatic heterocycles. The maximum Gasteiger partial charge on any atom is 0.490 e. The SMILES string of the molecule is CC(=O)[C@@H](O)[C@H](O)COP(=O)(O)OP(=O)(O)OP(=O)(O)O. The first-order valence-corrected chi connectivity index (χ1v) is 9.32. The summed E-state index contributed by atoms with van der Waals surface area (Å²) in [5, 5.41) is 18.2. The van der Waals surface area contributed by atoms with Crippen LogP contribution >= 0.6 is 23.5 Å². The minimum atomic E-state index is -5.65. The van der Waals surface area contributed by atoms with Crippen molar-refractivity contribution in [2.75, 3.05) is 6.61 Å². The normalized spacial score (nSPS) is 21.1. The van der Waals surface area contributed by atoms with E-state index >= 15 is 0 Å². The van der Waals surface area contributed by atoms with Crippen LogP contribution in [0.3, 0.4) is 0 Å². The minimum Gasteiger partial charge on any atom is -0.388 e. The molecule has 16 heteroatoms. The first-order chi connectivity index (χ1) is 9.15. The molecule has 0 saturated carbocycles. The van der Waals surface area contributed by atoms with Gasteiger partial charge in [0.2, 0.25) is 0 Å². The molecule has 0 radical (unpaired) electrons. The third-order valence-electron chi connectivity index (χ3n) is 1.61. The number of rotatable bonds is 9. The first-order valence-electron chi connectivity index (χ1n) is 4.80. The van der Waals surface area contributed by atoms with Crippen LogP contribution in [-0.4, -0.2) is 54.4 Å². The zero-order chi connectivity index (χ0) is 17.1. The molecule has 0 aromatic carbocycles. The number of aliphatic hydroxyl groups is 2. The third kappa shape index (κ3) is 9.59. The van der Waals surface area contributed by atoms with Crippen LogP contribution in [0.1, 0.15) is 6.92 Å². The smallest absolute Gasteiger partial charge is 0.388 e. The number of carbonyl (C=O) groups is 1. The molecule has 0 aromatic rings. The molecular weight excluding hydrogens is 361 g/mol. The molecule has 0 aromatic heterocycles. The van der Waals surface area contributed by atoms with E-state index in [0.29, 0.717) is 0 Å². The summed E-state index contributed by atoms with van der Waals surface area (Å²) in [6, 6.07) is 0. The summed E-state index contributed by atoms with van der Waals surface area (Å²) in [6.45, 7) is -0.261. The van der Waals surface area contributed by atoms with Gasteiger partial charge in [-0.1, -0.05) is 0 Å². The van der Waals surface area contributed by atoms with Crippen molar-refractivity contribution in [3.8, 4) is 0 Å². The average molecular weight is 374 g/mol. The second kappa shape index (κ2) is 7.51. The van der Waals surface area contributed by atoms with Crippen LogP contribution in [0.2, 0.25) is 0 Å². The highest BCUT2D eigenvalue weighted by Crippen LogP contribution is 2.66. The lowest BCUT2D eigenvalue weighted by Crippen LogP contribution is -2.35. The van der Waals surface area contributed by atoms with E-state index in [9.17, 15) is 18.5 Å². The highest BCUT2D eigenvalue weighted by molar-refractivity contribution is 7.66. The number of ketones is 1. The Morgan fingerprint density at radius 2 is 1.48 bits per heavy atom. The number of hydrogen-bond donors (Lipinski definition) is 6. The number of phosphoric acid groups is 3. The molecule has 6 N–H and O–H groups in total. The van der Waals surface area contributed by atoms with Gasteiger partial charge in [0.15, 0.2) is 5.78 Å². The van der Waals surface area contributed by atoms with Crippen LogP contribution in [0.5, 0.6) is 0 Å². The van der Waals surface area contributed by atoms with Crippen LogP contribution in [0, 0.1) is 0 Å². The molecule has 0 bridgehead atoms. The molecule has 0 spiro atoms. The van der Waals surface area contributed by atoms with E-state index < -0.39 is 48.1 Å². The fourth-order valence-electron chi connectivity index (χ4n) is 0.836. The van der Waals surface area contributed by atoms with Crippen LogP contribution in [0.15, 0.2) is 0 Å². The van der Waals surface area contributed by atoms with Gasteiger partial charge in [0.1, 0.15) is 12.2 Å². The van der Waals surface area contributed by atoms with E-state index in [1.807, 2.05) is 0 Å². The van der Waals surface area contributed by atoms with Gasteiger partial charge in [-0.2, -0.15) is 8.62 Å². The van der Waals surface area contributed by atoms with E-state index in [-0.39, 0.29) is 0 Å². The van der Waals surface area contributed by atoms with Crippen molar-refractivity contribution in [1.82, 2.24) is 0 Å². The Labute approximate surface area is 117 Å². The van der Waals surface area contributed by atoms with Crippen molar-refractivity contribution in [2.45, 2.75) is 19.1 Å². The second-order valence-electron chi connectivity index (χ2n) is 3.51. The molecule has 0 rings (SSSR count). The molecule has 0 saturated heterocycles. The molecule has 0 amide bonds. The summed E-state index contributed by atoms with van der Waals surface area (Å²) < 4.78 is 43.2. The lowest BCUT2D eigenvalue weighted by Gasteiger charge is -2.19. The predicted molar refractivity (Wildman–Crippen MR) is 62.5 cm³/mol. The maximum absolute atomic E-state index is 11.2. The van der Waals surface area contributed by atoms with Gasteiger partial charge < -0.3 is 29.8 Å². The van der Waals surface area contributed by atoms with Gasteiger partial charge in [-0.25, -0.2) is 13.7 Å². The molecule has 13 nitrogen and oxygen atoms in total. The van der Waals surface area contributed by atoms with Gasteiger partial charge in [0, 0.05) is 0 Å². The Kier molecular flexibility index (Phi) is 7.51. The third-order valence-corrected chi connectivity index (χ3v) is 5.41. The number of Topliss-reactive ketones (excluding diaryl/α,β-unsaturated/α-hetero) is 1. The Hall–Kier alpha value is 0.0000000000000000139. The van der Waals surface area contributed by atoms with Crippen molar-refractivity contribution in [3.63, 3.8) is 0 Å². The Morgan fingerprint density at radius 3 is 1.86 bits per heavy atom. The summed E-state index contributed by atoms with van der Waals surface area (Å²) in [5.41, 5.74) is 0. The Balaban J connectivity index is 4.64. The Bertz CT molecular complexity index is 508. The van der Waals surface area contributed by atoms with Gasteiger partial charge >= 0.3 is 23.5 Å². The monoisotopic (exact) mass is 374 g/mol. The highest BCUT2D eigenvalue weighted by Gasteiger charge is 2.41. The molecule has 0 fully saturated rings. The average Bonchev–Trinajstić information content (AvgIpc) is 2.19. The maximum atomic E-state index is 11.2. The van der Waals surface area contributed by atoms with Crippen molar-refractivity contribution < 1.29 is 61.4 Å². The van der Waals surface area contributed by atoms with Crippen LogP contribution in [0.4, 0.5) is 0 Å². The fourth-order valence-corrected chi connectivity index (χ4v) is 3.87. The van der Waals surface area contributed by atoms with E-state index in [2.05, 4.69) is 13.1 Å². The predicted octanol–water partition coefficient (Wildman–Crippen LogP) is -1.36. The molecule has 2 unspecified atom stereocenters. The van der Waals surface area contributed by atoms with Crippen molar-refractivity contribution >= 4 is 29.3 Å². The summed E-state index contributed by atoms with van der Waals surface area (Å²) in [7, 11) is -16.5. The summed E-state index contributed by atoms with van der Waals surface area (Å²) in [6.07, 6.45) is -3.90. The van der Waals surface area contributed by atoms with E-state index in [1.54, 1.807) is 0 Å². The van der Waals surface area contributed by atoms with E-state index in [4.69, 9.17) is 29.8 Å². The van der Waals surface area contributed by atoms with Crippen LogP contribution in [0.25, 0.3) is 0 Å². The minimum absolute atomic E-state index is 0.891. The van der Waals surface area contributed by atoms with E-state index in [0.717, 1.165) is 6.92 Å². The van der Waals surface area contributed by atoms with Gasteiger partial charge in [-0.3, -0.25) is 9.32 Å². The van der Waals surface area contributed by atoms with Gasteiger partial charge in [0.25, 0.3) is 0 Å². The lowest BCUT2D eigenvalue weighted by molar-refractivity contribution is -0.132. The molecule has 0 aliphatic carbocycles. The first kappa shape index (κ1) is 21.0. The van der Waals surface area contributed by atoms with E-state index in [1.165, 1.54) is 0 Å². The molecule has 0 heterocycles. The zero-order valence-corrected chi connectivity index (χ0v) is 12.9. The standard InChI is InChI=1S/C5H13O13P3/c1-3(6)5(8)4(7)2-16-20(12,13)18-21(14,15)17-19(9,10)11/h4-5,7-8H,2H2,1H3,(H,12,13)(H,14,15)(H2,9,10,11)/t4-,5-/m1/s1. The number of hydrogen-bond acceptors (Lipinski definition) is 9. The zero-order valence-electron chi connectivity index (χ0n) is 10.2. The number of carbonyl (C=O) groups excluding carboxylic acids is 1. The van der Waals surface area contributed by atoms with Gasteiger partial charge in [0.05, 0.1) is 6.61 Å². The largest absolute Gasteiger partial charge is 0.490 e. The number of phosphoric ester groups is 1. The summed E-state index contributed by atoms with van der Waals surface area (Å²) in [5.74, 6) is -0.891. The highest BCUT2D eigenvalue weighted by atomic mass is 31.3. The summed E-state index contributed by atoms with van der Waals surface area (Å²) in [4.78, 5) is 45.0. The summed E-state index contributed by atoms with van der Waals surface area (Å²) >= 11 is 0. The number of aliphatic hydroxyl groups excluding tert-OH is 2. The fraction of sp³-hybridized carbons (Fsp3) is 0.800. The second-order valence-corrected chi connectivity index (χ2v) is 7.93. The molecule has 0 aliphatic rings. The van der Waals surface area contributed by atoms with Gasteiger partial charge in [-0.05, 0) is 6.92 Å². The van der Waals surface area contributed by atoms with Crippen molar-refractivity contribution in [1.29, 1.82) is 0 Å². The molecule has 4 atom stereocenters. The van der Waals surface area contributed by atoms with Crippen LogP contribution < -0.4 is 0 Å². The van der Waals surface area contributed by atoms with Crippen molar-refractivity contribution in [2.24, 2.45) is 0 Å². The Morgan fingerprint density at radius 1 is 1.00 bits per heavy atom. The van der Waals surface area contributed by atoms with Crippen molar-refractivity contribution in [3.05, 3.63) is 0 Å². The van der Waals surface area contributed by atoms with Crippen LogP contribution in [-0.2, 0) is 31.6 Å². The lowest BCUT2D eigenvalue weighted by atomic mass is 10.1. The van der Waals surface area contributed by atoms with Gasteiger partial charge in [-0.15, -0.1) is 0 Å². The molecule has 21 heavy (non-hydrogen) atoms. The molecular formula is C5H13O13P3.